The number of aryl methyl sites for hydroxylation is 1. The van der Waals surface area contributed by atoms with Gasteiger partial charge in [-0.1, -0.05) is 0 Å². The zero-order chi connectivity index (χ0) is 7.40. The van der Waals surface area contributed by atoms with Crippen molar-refractivity contribution in [3.05, 3.63) is 22.9 Å². The van der Waals surface area contributed by atoms with E-state index in [9.17, 15) is 4.79 Å². The molecule has 0 spiro atoms. The molecule has 1 aromatic rings. The minimum absolute atomic E-state index is 0.157. The highest BCUT2D eigenvalue weighted by molar-refractivity contribution is 4.78. The maximum atomic E-state index is 10.7. The van der Waals surface area contributed by atoms with E-state index in [-0.39, 0.29) is 5.69 Å². The molecule has 0 bridgehead atoms. The molecule has 1 rings (SSSR count). The smallest absolute Gasteiger partial charge is 0.313 e. The molecule has 0 saturated carbocycles. The fraction of sp³-hybridized carbons (Fsp3) is 0.333. The third-order valence-corrected chi connectivity index (χ3v) is 1.19. The SMILES string of the molecule is N#CCCn1cc[nH]c1=O. The normalized spacial score (nSPS) is 9.10. The lowest BCUT2D eigenvalue weighted by atomic mass is 10.5. The van der Waals surface area contributed by atoms with Gasteiger partial charge in [0, 0.05) is 18.9 Å². The van der Waals surface area contributed by atoms with Crippen LogP contribution in [0.5, 0.6) is 0 Å². The zero-order valence-corrected chi connectivity index (χ0v) is 5.37. The fourth-order valence-electron chi connectivity index (χ4n) is 0.696. The van der Waals surface area contributed by atoms with Crippen molar-refractivity contribution in [2.24, 2.45) is 0 Å². The third kappa shape index (κ3) is 1.26. The molecular formula is C6H7N3O. The number of hydrogen-bond donors (Lipinski definition) is 1. The molecule has 0 radical (unpaired) electrons. The second-order valence-corrected chi connectivity index (χ2v) is 1.87. The Bertz CT molecular complexity index is 290. The van der Waals surface area contributed by atoms with Gasteiger partial charge in [-0.15, -0.1) is 0 Å². The molecule has 0 atom stereocenters. The van der Waals surface area contributed by atoms with Crippen LogP contribution in [0, 0.1) is 11.3 Å². The first-order valence-corrected chi connectivity index (χ1v) is 2.95. The first-order valence-electron chi connectivity index (χ1n) is 2.95. The molecule has 1 aromatic heterocycles. The summed E-state index contributed by atoms with van der Waals surface area (Å²) in [6.07, 6.45) is 3.55. The zero-order valence-electron chi connectivity index (χ0n) is 5.37. The Morgan fingerprint density at radius 2 is 2.60 bits per heavy atom. The number of nitriles is 1. The summed E-state index contributed by atoms with van der Waals surface area (Å²) in [5.74, 6) is 0. The van der Waals surface area contributed by atoms with E-state index in [1.165, 1.54) is 4.57 Å². The number of nitrogens with one attached hydrogen (secondary N) is 1. The van der Waals surface area contributed by atoms with Crippen LogP contribution < -0.4 is 5.69 Å². The van der Waals surface area contributed by atoms with Gasteiger partial charge in [0.2, 0.25) is 0 Å². The Morgan fingerprint density at radius 1 is 1.80 bits per heavy atom. The number of hydrogen-bond acceptors (Lipinski definition) is 2. The van der Waals surface area contributed by atoms with Crippen LogP contribution in [0.2, 0.25) is 0 Å². The van der Waals surface area contributed by atoms with Crippen molar-refractivity contribution in [3.63, 3.8) is 0 Å². The predicted molar refractivity (Wildman–Crippen MR) is 35.3 cm³/mol. The summed E-state index contributed by atoms with van der Waals surface area (Å²) < 4.78 is 1.46. The van der Waals surface area contributed by atoms with E-state index in [1.807, 2.05) is 6.07 Å². The van der Waals surface area contributed by atoms with Gasteiger partial charge in [0.15, 0.2) is 0 Å². The van der Waals surface area contributed by atoms with Gasteiger partial charge in [0.25, 0.3) is 0 Å². The minimum Gasteiger partial charge on any atom is -0.313 e. The number of aromatic amines is 1. The molecule has 0 aliphatic carbocycles. The number of rotatable bonds is 2. The van der Waals surface area contributed by atoms with Crippen LogP contribution in [-0.2, 0) is 6.54 Å². The Kier molecular flexibility index (Phi) is 1.90. The maximum Gasteiger partial charge on any atom is 0.325 e. The maximum absolute atomic E-state index is 10.7. The summed E-state index contributed by atoms with van der Waals surface area (Å²) in [5, 5.41) is 8.18. The van der Waals surface area contributed by atoms with Crippen LogP contribution in [0.15, 0.2) is 17.2 Å². The highest BCUT2D eigenvalue weighted by atomic mass is 16.1. The number of nitrogens with zero attached hydrogens (tertiary/aromatic N) is 2. The average Bonchev–Trinajstić information content (AvgIpc) is 2.31. The molecule has 0 aromatic carbocycles. The summed E-state index contributed by atoms with van der Waals surface area (Å²) >= 11 is 0. The third-order valence-electron chi connectivity index (χ3n) is 1.19. The average molecular weight is 137 g/mol. The van der Waals surface area contributed by atoms with Gasteiger partial charge < -0.3 is 4.98 Å². The van der Waals surface area contributed by atoms with E-state index in [1.54, 1.807) is 12.4 Å². The first kappa shape index (κ1) is 6.62. The van der Waals surface area contributed by atoms with Gasteiger partial charge in [-0.2, -0.15) is 5.26 Å². The van der Waals surface area contributed by atoms with E-state index in [0.717, 1.165) is 0 Å². The quantitative estimate of drug-likeness (QED) is 0.627. The van der Waals surface area contributed by atoms with Crippen LogP contribution in [0.1, 0.15) is 6.42 Å². The number of aromatic nitrogens is 2. The van der Waals surface area contributed by atoms with Gasteiger partial charge in [0.05, 0.1) is 12.5 Å². The van der Waals surface area contributed by atoms with Gasteiger partial charge in [-0.05, 0) is 0 Å². The van der Waals surface area contributed by atoms with Gasteiger partial charge in [-0.3, -0.25) is 4.57 Å². The van der Waals surface area contributed by atoms with Crippen LogP contribution in [0.25, 0.3) is 0 Å². The molecule has 1 N–H and O–H groups in total. The second-order valence-electron chi connectivity index (χ2n) is 1.87. The lowest BCUT2D eigenvalue weighted by Gasteiger charge is -1.91. The molecule has 0 fully saturated rings. The predicted octanol–water partition coefficient (Wildman–Crippen LogP) is 0.0901. The monoisotopic (exact) mass is 137 g/mol. The van der Waals surface area contributed by atoms with Crippen molar-refractivity contribution >= 4 is 0 Å². The summed E-state index contributed by atoms with van der Waals surface area (Å²) in [5.41, 5.74) is -0.157. The molecular weight excluding hydrogens is 130 g/mol. The highest BCUT2D eigenvalue weighted by Gasteiger charge is 1.92. The molecule has 0 amide bonds. The highest BCUT2D eigenvalue weighted by Crippen LogP contribution is 1.82. The summed E-state index contributed by atoms with van der Waals surface area (Å²) in [4.78, 5) is 13.2. The van der Waals surface area contributed by atoms with Crippen LogP contribution in [0.4, 0.5) is 0 Å². The topological polar surface area (TPSA) is 61.6 Å². The first-order chi connectivity index (χ1) is 4.84. The Labute approximate surface area is 57.7 Å². The van der Waals surface area contributed by atoms with E-state index >= 15 is 0 Å². The molecule has 52 valence electrons. The molecule has 1 heterocycles. The summed E-state index contributed by atoms with van der Waals surface area (Å²) in [7, 11) is 0. The van der Waals surface area contributed by atoms with Gasteiger partial charge in [0.1, 0.15) is 0 Å². The van der Waals surface area contributed by atoms with Crippen molar-refractivity contribution in [2.75, 3.05) is 0 Å². The molecule has 0 saturated heterocycles. The molecule has 4 heteroatoms. The lowest BCUT2D eigenvalue weighted by molar-refractivity contribution is 0.688. The molecule has 0 unspecified atom stereocenters. The van der Waals surface area contributed by atoms with Gasteiger partial charge in [-0.25, -0.2) is 4.79 Å². The Balaban J connectivity index is 2.68. The summed E-state index contributed by atoms with van der Waals surface area (Å²) in [6.45, 7) is 0.471. The minimum atomic E-state index is -0.157. The van der Waals surface area contributed by atoms with E-state index < -0.39 is 0 Å². The van der Waals surface area contributed by atoms with Crippen molar-refractivity contribution in [1.29, 1.82) is 5.26 Å². The second kappa shape index (κ2) is 2.87. The van der Waals surface area contributed by atoms with E-state index in [2.05, 4.69) is 4.98 Å². The molecule has 0 aliphatic rings. The number of H-pyrrole nitrogens is 1. The fourth-order valence-corrected chi connectivity index (χ4v) is 0.696. The van der Waals surface area contributed by atoms with Crippen molar-refractivity contribution in [1.82, 2.24) is 9.55 Å². The van der Waals surface area contributed by atoms with Crippen LogP contribution >= 0.6 is 0 Å². The van der Waals surface area contributed by atoms with Crippen molar-refractivity contribution in [3.8, 4) is 6.07 Å². The van der Waals surface area contributed by atoms with Crippen LogP contribution in [-0.4, -0.2) is 9.55 Å². The summed E-state index contributed by atoms with van der Waals surface area (Å²) in [6, 6.07) is 1.96. The lowest BCUT2D eigenvalue weighted by Crippen LogP contribution is -2.15. The molecule has 4 nitrogen and oxygen atoms in total. The molecule has 0 aliphatic heterocycles. The molecule has 10 heavy (non-hydrogen) atoms. The van der Waals surface area contributed by atoms with Crippen molar-refractivity contribution in [2.45, 2.75) is 13.0 Å². The van der Waals surface area contributed by atoms with Gasteiger partial charge >= 0.3 is 5.69 Å². The standard InChI is InChI=1S/C6H7N3O/c7-2-1-4-9-5-3-8-6(9)10/h3,5H,1,4H2,(H,8,10). The van der Waals surface area contributed by atoms with Crippen LogP contribution in [0.3, 0.4) is 0 Å². The van der Waals surface area contributed by atoms with Crippen molar-refractivity contribution < 1.29 is 0 Å². The number of imidazole rings is 1. The van der Waals surface area contributed by atoms with E-state index in [0.29, 0.717) is 13.0 Å². The Hall–Kier alpha value is -1.50. The largest absolute Gasteiger partial charge is 0.325 e. The van der Waals surface area contributed by atoms with E-state index in [4.69, 9.17) is 5.26 Å². The Morgan fingerprint density at radius 3 is 3.10 bits per heavy atom.